The zero-order chi connectivity index (χ0) is 26.8. The molecule has 0 saturated heterocycles. The van der Waals surface area contributed by atoms with Crippen LogP contribution in [0.1, 0.15) is 35.1 Å². The Morgan fingerprint density at radius 3 is 2.82 bits per heavy atom. The summed E-state index contributed by atoms with van der Waals surface area (Å²) in [6.07, 6.45) is 0.453. The van der Waals surface area contributed by atoms with Gasteiger partial charge in [0, 0.05) is 35.4 Å². The topological polar surface area (TPSA) is 92.6 Å². The van der Waals surface area contributed by atoms with E-state index in [0.717, 1.165) is 11.1 Å². The van der Waals surface area contributed by atoms with Gasteiger partial charge in [0.1, 0.15) is 23.4 Å². The van der Waals surface area contributed by atoms with E-state index in [2.05, 4.69) is 5.32 Å². The third-order valence-electron chi connectivity index (χ3n) is 6.63. The number of ether oxygens (including phenoxy) is 2. The van der Waals surface area contributed by atoms with Crippen molar-refractivity contribution in [3.63, 3.8) is 0 Å². The number of hydrogen-bond donors (Lipinski definition) is 1. The summed E-state index contributed by atoms with van der Waals surface area (Å²) in [6.45, 7) is 0.813. The van der Waals surface area contributed by atoms with Gasteiger partial charge < -0.3 is 14.8 Å². The molecule has 3 aliphatic rings. The Kier molecular flexibility index (Phi) is 7.12. The lowest BCUT2D eigenvalue weighted by atomic mass is 10.1. The lowest BCUT2D eigenvalue weighted by Gasteiger charge is -2.26. The fourth-order valence-corrected chi connectivity index (χ4v) is 5.71. The van der Waals surface area contributed by atoms with E-state index in [9.17, 15) is 14.0 Å². The number of thioether (sulfide) groups is 1. The van der Waals surface area contributed by atoms with Gasteiger partial charge in [0.2, 0.25) is 5.91 Å². The number of para-hydroxylation sites is 1. The molecule has 1 N–H and O–H groups in total. The Bertz CT molecular complexity index is 1490. The summed E-state index contributed by atoms with van der Waals surface area (Å²) in [7, 11) is 0. The lowest BCUT2D eigenvalue weighted by molar-refractivity contribution is -0.125. The van der Waals surface area contributed by atoms with E-state index >= 15 is 0 Å². The molecule has 0 saturated carbocycles. The molecule has 3 aliphatic heterocycles. The van der Waals surface area contributed by atoms with E-state index in [4.69, 9.17) is 19.5 Å². The normalized spacial score (nSPS) is 17.4. The predicted molar refractivity (Wildman–Crippen MR) is 146 cm³/mol. The van der Waals surface area contributed by atoms with Crippen LogP contribution in [0, 0.1) is 5.82 Å². The predicted octanol–water partition coefficient (Wildman–Crippen LogP) is 4.68. The first-order chi connectivity index (χ1) is 19.1. The van der Waals surface area contributed by atoms with Gasteiger partial charge in [-0.15, -0.1) is 0 Å². The fourth-order valence-electron chi connectivity index (χ4n) is 4.75. The monoisotopic (exact) mass is 544 g/mol. The Labute approximate surface area is 228 Å². The van der Waals surface area contributed by atoms with Crippen molar-refractivity contribution in [2.24, 2.45) is 9.98 Å². The minimum absolute atomic E-state index is 0.104. The summed E-state index contributed by atoms with van der Waals surface area (Å²) < 4.78 is 25.2. The molecule has 0 bridgehead atoms. The summed E-state index contributed by atoms with van der Waals surface area (Å²) >= 11 is 1.32. The number of halogens is 1. The van der Waals surface area contributed by atoms with Gasteiger partial charge in [0.15, 0.2) is 12.0 Å². The summed E-state index contributed by atoms with van der Waals surface area (Å²) in [4.78, 5) is 37.0. The SMILES string of the molecule is O=C(CCC1N=C2c3ccccc3N=C(SCc3cc(F)cc4c3OCOC4)N2C1=O)NCc1ccccc1. The van der Waals surface area contributed by atoms with Crippen molar-refractivity contribution in [1.29, 1.82) is 0 Å². The van der Waals surface area contributed by atoms with Gasteiger partial charge in [0.05, 0.1) is 12.3 Å². The molecular formula is C29H25FN4O4S. The number of hydrogen-bond acceptors (Lipinski definition) is 7. The molecule has 8 nitrogen and oxygen atoms in total. The molecule has 3 aromatic carbocycles. The standard InChI is InChI=1S/C29H25FN4O4S/c30-21-12-19-15-37-17-38-26(19)20(13-21)16-39-29-33-23-9-5-4-8-22(23)27-32-24(28(36)34(27)29)10-11-25(35)31-14-18-6-2-1-3-7-18/h1-9,12-13,24H,10-11,14-17H2,(H,31,35). The molecule has 1 unspecified atom stereocenters. The van der Waals surface area contributed by atoms with Crippen molar-refractivity contribution in [2.45, 2.75) is 37.8 Å². The van der Waals surface area contributed by atoms with Gasteiger partial charge in [-0.1, -0.05) is 54.2 Å². The fraction of sp³-hybridized carbons (Fsp3) is 0.241. The van der Waals surface area contributed by atoms with Crippen LogP contribution >= 0.6 is 11.8 Å². The smallest absolute Gasteiger partial charge is 0.259 e. The number of amides is 2. The lowest BCUT2D eigenvalue weighted by Crippen LogP contribution is -2.41. The van der Waals surface area contributed by atoms with Crippen LogP contribution in [0.2, 0.25) is 0 Å². The zero-order valence-corrected chi connectivity index (χ0v) is 21.7. The van der Waals surface area contributed by atoms with Crippen LogP contribution < -0.4 is 10.1 Å². The first-order valence-electron chi connectivity index (χ1n) is 12.6. The number of fused-ring (bicyclic) bond motifs is 4. The Morgan fingerprint density at radius 1 is 1.13 bits per heavy atom. The van der Waals surface area contributed by atoms with Crippen LogP contribution in [0.3, 0.4) is 0 Å². The highest BCUT2D eigenvalue weighted by atomic mass is 32.2. The van der Waals surface area contributed by atoms with Gasteiger partial charge in [-0.05, 0) is 36.2 Å². The van der Waals surface area contributed by atoms with Crippen LogP contribution in [-0.4, -0.2) is 40.6 Å². The van der Waals surface area contributed by atoms with E-state index < -0.39 is 6.04 Å². The number of nitrogens with zero attached hydrogens (tertiary/aromatic N) is 3. The van der Waals surface area contributed by atoms with Crippen LogP contribution in [0.25, 0.3) is 0 Å². The van der Waals surface area contributed by atoms with Crippen molar-refractivity contribution in [3.05, 3.63) is 94.8 Å². The van der Waals surface area contributed by atoms with Crippen molar-refractivity contribution < 1.29 is 23.5 Å². The molecule has 198 valence electrons. The Balaban J connectivity index is 1.18. The number of carbonyl (C=O) groups excluding carboxylic acids is 2. The molecule has 3 heterocycles. The molecule has 0 fully saturated rings. The van der Waals surface area contributed by atoms with Crippen LogP contribution in [0.5, 0.6) is 5.75 Å². The summed E-state index contributed by atoms with van der Waals surface area (Å²) in [5, 5.41) is 3.36. The van der Waals surface area contributed by atoms with Gasteiger partial charge >= 0.3 is 0 Å². The molecule has 6 rings (SSSR count). The zero-order valence-electron chi connectivity index (χ0n) is 20.9. The molecule has 3 aromatic rings. The maximum absolute atomic E-state index is 14.3. The van der Waals surface area contributed by atoms with Gasteiger partial charge in [-0.3, -0.25) is 14.6 Å². The molecule has 0 aliphatic carbocycles. The number of benzene rings is 3. The molecule has 2 amide bonds. The van der Waals surface area contributed by atoms with E-state index in [1.165, 1.54) is 28.8 Å². The molecule has 0 aromatic heterocycles. The van der Waals surface area contributed by atoms with E-state index in [1.54, 1.807) is 0 Å². The highest BCUT2D eigenvalue weighted by Crippen LogP contribution is 2.37. The first-order valence-corrected chi connectivity index (χ1v) is 13.6. The molecule has 10 heteroatoms. The van der Waals surface area contributed by atoms with Gasteiger partial charge in [-0.2, -0.15) is 0 Å². The molecule has 0 radical (unpaired) electrons. The number of aliphatic imine (C=N–C) groups is 2. The second-order valence-electron chi connectivity index (χ2n) is 9.31. The Hall–Kier alpha value is -4.02. The second kappa shape index (κ2) is 11.0. The summed E-state index contributed by atoms with van der Waals surface area (Å²) in [5.41, 5.74) is 3.78. The maximum atomic E-state index is 14.3. The average Bonchev–Trinajstić information content (AvgIpc) is 3.30. The van der Waals surface area contributed by atoms with Crippen LogP contribution in [0.15, 0.2) is 76.7 Å². The van der Waals surface area contributed by atoms with Crippen LogP contribution in [0.4, 0.5) is 10.1 Å². The molecule has 0 spiro atoms. The summed E-state index contributed by atoms with van der Waals surface area (Å²) in [5.74, 6) is 0.721. The van der Waals surface area contributed by atoms with Crippen LogP contribution in [-0.2, 0) is 33.2 Å². The maximum Gasteiger partial charge on any atom is 0.259 e. The number of nitrogens with one attached hydrogen (secondary N) is 1. The Morgan fingerprint density at radius 2 is 1.95 bits per heavy atom. The minimum Gasteiger partial charge on any atom is -0.467 e. The van der Waals surface area contributed by atoms with E-state index in [1.807, 2.05) is 54.6 Å². The van der Waals surface area contributed by atoms with Crippen molar-refractivity contribution >= 4 is 40.3 Å². The van der Waals surface area contributed by atoms with Gasteiger partial charge in [-0.25, -0.2) is 14.3 Å². The number of rotatable bonds is 7. The largest absolute Gasteiger partial charge is 0.467 e. The van der Waals surface area contributed by atoms with Crippen molar-refractivity contribution in [1.82, 2.24) is 10.2 Å². The number of amidine groups is 2. The third kappa shape index (κ3) is 5.30. The second-order valence-corrected chi connectivity index (χ2v) is 10.2. The van der Waals surface area contributed by atoms with E-state index in [0.29, 0.717) is 45.9 Å². The van der Waals surface area contributed by atoms with Gasteiger partial charge in [0.25, 0.3) is 5.91 Å². The highest BCUT2D eigenvalue weighted by Gasteiger charge is 2.41. The van der Waals surface area contributed by atoms with Crippen molar-refractivity contribution in [3.8, 4) is 5.75 Å². The van der Waals surface area contributed by atoms with Crippen molar-refractivity contribution in [2.75, 3.05) is 6.79 Å². The third-order valence-corrected chi connectivity index (χ3v) is 7.62. The average molecular weight is 545 g/mol. The quantitative estimate of drug-likeness (QED) is 0.466. The molecular weight excluding hydrogens is 519 g/mol. The summed E-state index contributed by atoms with van der Waals surface area (Å²) in [6, 6.07) is 19.3. The molecule has 1 atom stereocenters. The molecule has 39 heavy (non-hydrogen) atoms. The van der Waals surface area contributed by atoms with E-state index in [-0.39, 0.29) is 43.9 Å². The number of carbonyl (C=O) groups is 2. The highest BCUT2D eigenvalue weighted by molar-refractivity contribution is 8.13. The first kappa shape index (κ1) is 25.3. The minimum atomic E-state index is -0.693.